The molecule has 2 aliphatic rings. The molecule has 0 bridgehead atoms. The van der Waals surface area contributed by atoms with E-state index in [2.05, 4.69) is 15.3 Å². The summed E-state index contributed by atoms with van der Waals surface area (Å²) < 4.78 is 4.84. The number of rotatable bonds is 4. The van der Waals surface area contributed by atoms with Crippen LogP contribution in [0.25, 0.3) is 0 Å². The van der Waals surface area contributed by atoms with E-state index in [1.807, 2.05) is 6.92 Å². The number of amides is 3. The average Bonchev–Trinajstić information content (AvgIpc) is 3.35. The van der Waals surface area contributed by atoms with Gasteiger partial charge in [-0.1, -0.05) is 0 Å². The van der Waals surface area contributed by atoms with Crippen LogP contribution in [0.1, 0.15) is 38.3 Å². The van der Waals surface area contributed by atoms with Gasteiger partial charge in [-0.05, 0) is 26.7 Å². The number of carbonyl (C=O) groups is 4. The molecule has 2 fully saturated rings. The molecule has 10 heteroatoms. The molecule has 1 aromatic rings. The maximum absolute atomic E-state index is 12.3. The number of aromatic nitrogens is 2. The highest BCUT2D eigenvalue weighted by Gasteiger charge is 2.36. The van der Waals surface area contributed by atoms with Gasteiger partial charge in [-0.2, -0.15) is 0 Å². The Morgan fingerprint density at radius 3 is 2.63 bits per heavy atom. The molecule has 1 aromatic heterocycles. The van der Waals surface area contributed by atoms with E-state index < -0.39 is 36.0 Å². The molecule has 3 amide bonds. The SMILES string of the molecule is CC(NC(=O)C1CCC(=O)O1)C(=O)N1CCCC1C(N)=O.Cc1cnc[nH]1. The molecule has 3 atom stereocenters. The fourth-order valence-electron chi connectivity index (χ4n) is 2.98. The summed E-state index contributed by atoms with van der Waals surface area (Å²) in [5, 5.41) is 2.52. The van der Waals surface area contributed by atoms with Crippen molar-refractivity contribution in [2.45, 2.75) is 57.7 Å². The Labute approximate surface area is 156 Å². The number of carbonyl (C=O) groups excluding carboxylic acids is 4. The van der Waals surface area contributed by atoms with Crippen molar-refractivity contribution in [1.29, 1.82) is 0 Å². The van der Waals surface area contributed by atoms with E-state index in [0.29, 0.717) is 25.8 Å². The Bertz CT molecular complexity index is 690. The third-order valence-electron chi connectivity index (χ3n) is 4.41. The third kappa shape index (κ3) is 5.53. The molecule has 0 aliphatic carbocycles. The molecule has 3 rings (SSSR count). The summed E-state index contributed by atoms with van der Waals surface area (Å²) in [5.74, 6) is -1.79. The van der Waals surface area contributed by atoms with Gasteiger partial charge in [0.1, 0.15) is 12.1 Å². The van der Waals surface area contributed by atoms with Gasteiger partial charge >= 0.3 is 5.97 Å². The monoisotopic (exact) mass is 379 g/mol. The van der Waals surface area contributed by atoms with E-state index >= 15 is 0 Å². The number of nitrogens with two attached hydrogens (primary N) is 1. The lowest BCUT2D eigenvalue weighted by molar-refractivity contribution is -0.149. The van der Waals surface area contributed by atoms with E-state index in [1.165, 1.54) is 11.8 Å². The maximum Gasteiger partial charge on any atom is 0.306 e. The highest BCUT2D eigenvalue weighted by atomic mass is 16.6. The highest BCUT2D eigenvalue weighted by Crippen LogP contribution is 2.18. The van der Waals surface area contributed by atoms with E-state index in [-0.39, 0.29) is 12.3 Å². The van der Waals surface area contributed by atoms with Crippen LogP contribution in [-0.2, 0) is 23.9 Å². The van der Waals surface area contributed by atoms with Crippen LogP contribution in [-0.4, -0.2) is 63.3 Å². The molecule has 3 heterocycles. The van der Waals surface area contributed by atoms with Crippen molar-refractivity contribution >= 4 is 23.7 Å². The normalized spacial score (nSPS) is 22.4. The van der Waals surface area contributed by atoms with Crippen molar-refractivity contribution in [2.24, 2.45) is 5.73 Å². The first-order valence-corrected chi connectivity index (χ1v) is 8.84. The lowest BCUT2D eigenvalue weighted by Crippen LogP contribution is -2.53. The zero-order valence-electron chi connectivity index (χ0n) is 15.4. The standard InChI is InChI=1S/C13H19N3O5.C4H6N2/c1-7(15-12(19)9-4-5-10(17)21-9)13(20)16-6-2-3-8(16)11(14)18;1-4-2-5-3-6-4/h7-9H,2-6H2,1H3,(H2,14,18)(H,15,19);2-3H,1H3,(H,5,6). The second-order valence-electron chi connectivity index (χ2n) is 6.57. The number of H-pyrrole nitrogens is 1. The molecule has 0 spiro atoms. The minimum atomic E-state index is -0.835. The lowest BCUT2D eigenvalue weighted by Gasteiger charge is -2.26. The van der Waals surface area contributed by atoms with Crippen LogP contribution in [0.4, 0.5) is 0 Å². The Morgan fingerprint density at radius 2 is 2.15 bits per heavy atom. The fourth-order valence-corrected chi connectivity index (χ4v) is 2.98. The Kier molecular flexibility index (Phi) is 6.91. The molecule has 0 radical (unpaired) electrons. The molecule has 148 valence electrons. The summed E-state index contributed by atoms with van der Waals surface area (Å²) in [6.45, 7) is 3.95. The lowest BCUT2D eigenvalue weighted by atomic mass is 10.2. The molecule has 2 saturated heterocycles. The van der Waals surface area contributed by atoms with Gasteiger partial charge in [0.2, 0.25) is 11.8 Å². The van der Waals surface area contributed by atoms with Crippen LogP contribution >= 0.6 is 0 Å². The smallest absolute Gasteiger partial charge is 0.306 e. The Hall–Kier alpha value is -2.91. The van der Waals surface area contributed by atoms with Gasteiger partial charge in [-0.25, -0.2) is 4.98 Å². The van der Waals surface area contributed by atoms with Crippen LogP contribution in [0.2, 0.25) is 0 Å². The van der Waals surface area contributed by atoms with Crippen LogP contribution in [0.15, 0.2) is 12.5 Å². The van der Waals surface area contributed by atoms with Crippen molar-refractivity contribution in [2.75, 3.05) is 6.54 Å². The zero-order valence-corrected chi connectivity index (χ0v) is 15.4. The second kappa shape index (κ2) is 9.15. The topological polar surface area (TPSA) is 147 Å². The predicted molar refractivity (Wildman–Crippen MR) is 94.0 cm³/mol. The van der Waals surface area contributed by atoms with Crippen LogP contribution in [0.3, 0.4) is 0 Å². The van der Waals surface area contributed by atoms with E-state index in [1.54, 1.807) is 12.5 Å². The second-order valence-corrected chi connectivity index (χ2v) is 6.57. The van der Waals surface area contributed by atoms with E-state index in [0.717, 1.165) is 5.69 Å². The average molecular weight is 379 g/mol. The van der Waals surface area contributed by atoms with Crippen LogP contribution in [0.5, 0.6) is 0 Å². The summed E-state index contributed by atoms with van der Waals surface area (Å²) in [6.07, 6.45) is 4.38. The first kappa shape index (κ1) is 20.4. The third-order valence-corrected chi connectivity index (χ3v) is 4.41. The summed E-state index contributed by atoms with van der Waals surface area (Å²) >= 11 is 0. The number of aryl methyl sites for hydroxylation is 1. The van der Waals surface area contributed by atoms with Crippen LogP contribution in [0, 0.1) is 6.92 Å². The summed E-state index contributed by atoms with van der Waals surface area (Å²) in [7, 11) is 0. The first-order chi connectivity index (χ1) is 12.8. The number of imidazole rings is 1. The molecular formula is C17H25N5O5. The number of esters is 1. The first-order valence-electron chi connectivity index (χ1n) is 8.84. The highest BCUT2D eigenvalue weighted by molar-refractivity contribution is 5.93. The summed E-state index contributed by atoms with van der Waals surface area (Å²) in [6, 6.07) is -1.40. The van der Waals surface area contributed by atoms with Gasteiger partial charge in [0, 0.05) is 31.3 Å². The van der Waals surface area contributed by atoms with Crippen molar-refractivity contribution in [3.8, 4) is 0 Å². The molecule has 0 saturated carbocycles. The number of hydrogen-bond donors (Lipinski definition) is 3. The Morgan fingerprint density at radius 1 is 1.41 bits per heavy atom. The van der Waals surface area contributed by atoms with Gasteiger partial charge in [-0.3, -0.25) is 19.2 Å². The van der Waals surface area contributed by atoms with Crippen molar-refractivity contribution < 1.29 is 23.9 Å². The summed E-state index contributed by atoms with van der Waals surface area (Å²) in [4.78, 5) is 54.5. The number of ether oxygens (including phenoxy) is 1. The van der Waals surface area contributed by atoms with Crippen LogP contribution < -0.4 is 11.1 Å². The Balaban J connectivity index is 0.000000369. The predicted octanol–water partition coefficient (Wildman–Crippen LogP) is -0.609. The molecular weight excluding hydrogens is 354 g/mol. The van der Waals surface area contributed by atoms with Gasteiger partial charge in [0.15, 0.2) is 6.10 Å². The quantitative estimate of drug-likeness (QED) is 0.595. The van der Waals surface area contributed by atoms with E-state index in [9.17, 15) is 19.2 Å². The maximum atomic E-state index is 12.3. The fraction of sp³-hybridized carbons (Fsp3) is 0.588. The molecule has 4 N–H and O–H groups in total. The van der Waals surface area contributed by atoms with E-state index in [4.69, 9.17) is 10.5 Å². The minimum absolute atomic E-state index is 0.205. The van der Waals surface area contributed by atoms with Crippen molar-refractivity contribution in [3.05, 3.63) is 18.2 Å². The van der Waals surface area contributed by atoms with Crippen molar-refractivity contribution in [1.82, 2.24) is 20.2 Å². The number of likely N-dealkylation sites (tertiary alicyclic amines) is 1. The molecule has 27 heavy (non-hydrogen) atoms. The molecule has 3 unspecified atom stereocenters. The number of cyclic esters (lactones) is 1. The van der Waals surface area contributed by atoms with Gasteiger partial charge in [0.05, 0.1) is 6.33 Å². The number of nitrogens with zero attached hydrogens (tertiary/aromatic N) is 2. The molecule has 0 aromatic carbocycles. The molecule has 10 nitrogen and oxygen atoms in total. The molecule has 2 aliphatic heterocycles. The zero-order chi connectivity index (χ0) is 20.0. The van der Waals surface area contributed by atoms with Crippen molar-refractivity contribution in [3.63, 3.8) is 0 Å². The largest absolute Gasteiger partial charge is 0.452 e. The van der Waals surface area contributed by atoms with Gasteiger partial charge in [0.25, 0.3) is 5.91 Å². The number of primary amides is 1. The van der Waals surface area contributed by atoms with Gasteiger partial charge < -0.3 is 25.7 Å². The number of nitrogens with one attached hydrogen (secondary N) is 2. The number of hydrogen-bond acceptors (Lipinski definition) is 6. The number of aromatic amines is 1. The minimum Gasteiger partial charge on any atom is -0.452 e. The van der Waals surface area contributed by atoms with Gasteiger partial charge in [-0.15, -0.1) is 0 Å². The summed E-state index contributed by atoms with van der Waals surface area (Å²) in [5.41, 5.74) is 6.37.